The fourth-order valence-electron chi connectivity index (χ4n) is 2.83. The highest BCUT2D eigenvalue weighted by Crippen LogP contribution is 2.28. The molecule has 0 aromatic rings. The Hall–Kier alpha value is -0.780. The van der Waals surface area contributed by atoms with E-state index in [1.165, 1.54) is 0 Å². The quantitative estimate of drug-likeness (QED) is 0.768. The molecule has 0 spiro atoms. The van der Waals surface area contributed by atoms with Gasteiger partial charge in [0.2, 0.25) is 0 Å². The number of amides is 1. The number of nitrogens with one attached hydrogen (secondary N) is 1. The molecule has 17 heavy (non-hydrogen) atoms. The summed E-state index contributed by atoms with van der Waals surface area (Å²) < 4.78 is 37.4. The van der Waals surface area contributed by atoms with E-state index in [0.717, 1.165) is 30.7 Å². The van der Waals surface area contributed by atoms with E-state index in [1.807, 2.05) is 0 Å². The molecule has 0 saturated carbocycles. The van der Waals surface area contributed by atoms with Gasteiger partial charge in [-0.3, -0.25) is 4.79 Å². The van der Waals surface area contributed by atoms with Crippen LogP contribution in [0.15, 0.2) is 0 Å². The Morgan fingerprint density at radius 1 is 1.18 bits per heavy atom. The van der Waals surface area contributed by atoms with Gasteiger partial charge in [-0.2, -0.15) is 13.2 Å². The van der Waals surface area contributed by atoms with Crippen molar-refractivity contribution in [3.63, 3.8) is 0 Å². The molecular weight excluding hydrogens is 233 g/mol. The van der Waals surface area contributed by atoms with Crippen LogP contribution in [0.5, 0.6) is 0 Å². The second kappa shape index (κ2) is 4.84. The van der Waals surface area contributed by atoms with Crippen molar-refractivity contribution < 1.29 is 18.0 Å². The third-order valence-electron chi connectivity index (χ3n) is 3.62. The smallest absolute Gasteiger partial charge is 0.330 e. The summed E-state index contributed by atoms with van der Waals surface area (Å²) in [5.74, 6) is -1.67. The number of alkyl halides is 3. The van der Waals surface area contributed by atoms with Crippen molar-refractivity contribution in [3.8, 4) is 0 Å². The van der Waals surface area contributed by atoms with Crippen LogP contribution in [0.25, 0.3) is 0 Å². The summed E-state index contributed by atoms with van der Waals surface area (Å²) in [6, 6.07) is -0.234. The summed E-state index contributed by atoms with van der Waals surface area (Å²) in [5.41, 5.74) is 0. The Morgan fingerprint density at radius 3 is 2.53 bits per heavy atom. The number of carbonyl (C=O) groups excluding carboxylic acids is 1. The molecule has 0 aliphatic carbocycles. The standard InChI is InChI=1S/C11H17F3N2O/c12-11(13,14)10(17)16-7-2-1-5-9(16)8-4-3-6-15-8/h8-9,15H,1-7H2. The van der Waals surface area contributed by atoms with Crippen LogP contribution in [0, 0.1) is 0 Å². The van der Waals surface area contributed by atoms with Gasteiger partial charge in [0, 0.05) is 18.6 Å². The topological polar surface area (TPSA) is 32.3 Å². The number of likely N-dealkylation sites (tertiary alicyclic amines) is 1. The maximum absolute atomic E-state index is 12.5. The van der Waals surface area contributed by atoms with E-state index in [9.17, 15) is 18.0 Å². The summed E-state index contributed by atoms with van der Waals surface area (Å²) in [5, 5.41) is 3.20. The first-order valence-electron chi connectivity index (χ1n) is 6.11. The Kier molecular flexibility index (Phi) is 3.61. The summed E-state index contributed by atoms with van der Waals surface area (Å²) in [6.07, 6.45) is -0.634. The van der Waals surface area contributed by atoms with E-state index in [0.29, 0.717) is 12.8 Å². The molecule has 2 unspecified atom stereocenters. The van der Waals surface area contributed by atoms with E-state index >= 15 is 0 Å². The predicted molar refractivity (Wildman–Crippen MR) is 56.4 cm³/mol. The molecule has 2 atom stereocenters. The van der Waals surface area contributed by atoms with E-state index in [1.54, 1.807) is 0 Å². The maximum Gasteiger partial charge on any atom is 0.471 e. The van der Waals surface area contributed by atoms with Gasteiger partial charge in [-0.1, -0.05) is 0 Å². The second-order valence-corrected chi connectivity index (χ2v) is 4.76. The molecule has 98 valence electrons. The van der Waals surface area contributed by atoms with E-state index in [-0.39, 0.29) is 18.6 Å². The molecule has 2 aliphatic rings. The molecular formula is C11H17F3N2O. The van der Waals surface area contributed by atoms with Crippen molar-refractivity contribution in [2.75, 3.05) is 13.1 Å². The van der Waals surface area contributed by atoms with Gasteiger partial charge in [-0.25, -0.2) is 0 Å². The van der Waals surface area contributed by atoms with Gasteiger partial charge in [0.15, 0.2) is 0 Å². The number of piperidine rings is 1. The highest BCUT2D eigenvalue weighted by molar-refractivity contribution is 5.82. The fraction of sp³-hybridized carbons (Fsp3) is 0.909. The molecule has 2 rings (SSSR count). The van der Waals surface area contributed by atoms with Gasteiger partial charge in [0.1, 0.15) is 0 Å². The van der Waals surface area contributed by atoms with Crippen LogP contribution in [0.3, 0.4) is 0 Å². The van der Waals surface area contributed by atoms with Crippen molar-refractivity contribution in [2.24, 2.45) is 0 Å². The van der Waals surface area contributed by atoms with Gasteiger partial charge >= 0.3 is 12.1 Å². The number of hydrogen-bond acceptors (Lipinski definition) is 2. The number of hydrogen-bond donors (Lipinski definition) is 1. The summed E-state index contributed by atoms with van der Waals surface area (Å²) in [4.78, 5) is 12.4. The zero-order valence-electron chi connectivity index (χ0n) is 9.59. The molecule has 0 aromatic heterocycles. The molecule has 1 amide bonds. The molecule has 0 aromatic carbocycles. The molecule has 2 fully saturated rings. The number of rotatable bonds is 1. The average molecular weight is 250 g/mol. The Bertz CT molecular complexity index is 287. The number of halogens is 3. The monoisotopic (exact) mass is 250 g/mol. The van der Waals surface area contributed by atoms with E-state index in [2.05, 4.69) is 5.32 Å². The summed E-state index contributed by atoms with van der Waals surface area (Å²) >= 11 is 0. The van der Waals surface area contributed by atoms with E-state index in [4.69, 9.17) is 0 Å². The van der Waals surface area contributed by atoms with Gasteiger partial charge in [-0.15, -0.1) is 0 Å². The molecule has 0 radical (unpaired) electrons. The third kappa shape index (κ3) is 2.73. The number of carbonyl (C=O) groups is 1. The third-order valence-corrected chi connectivity index (χ3v) is 3.62. The second-order valence-electron chi connectivity index (χ2n) is 4.76. The molecule has 0 bridgehead atoms. The average Bonchev–Trinajstić information content (AvgIpc) is 2.80. The van der Waals surface area contributed by atoms with Gasteiger partial charge in [-0.05, 0) is 38.6 Å². The SMILES string of the molecule is O=C(N1CCCCC1C1CCCN1)C(F)(F)F. The van der Waals surface area contributed by atoms with Crippen LogP contribution in [-0.4, -0.2) is 42.2 Å². The van der Waals surface area contributed by atoms with Crippen LogP contribution >= 0.6 is 0 Å². The zero-order valence-corrected chi connectivity index (χ0v) is 9.59. The lowest BCUT2D eigenvalue weighted by Crippen LogP contribution is -2.55. The van der Waals surface area contributed by atoms with E-state index < -0.39 is 12.1 Å². The molecule has 2 heterocycles. The van der Waals surface area contributed by atoms with Crippen LogP contribution in [-0.2, 0) is 4.79 Å². The Balaban J connectivity index is 2.09. The van der Waals surface area contributed by atoms with Crippen molar-refractivity contribution in [1.29, 1.82) is 0 Å². The van der Waals surface area contributed by atoms with Crippen molar-refractivity contribution >= 4 is 5.91 Å². The van der Waals surface area contributed by atoms with Crippen LogP contribution in [0.1, 0.15) is 32.1 Å². The molecule has 2 aliphatic heterocycles. The van der Waals surface area contributed by atoms with Crippen LogP contribution in [0.2, 0.25) is 0 Å². The lowest BCUT2D eigenvalue weighted by atomic mass is 9.94. The Morgan fingerprint density at radius 2 is 1.94 bits per heavy atom. The summed E-state index contributed by atoms with van der Waals surface area (Å²) in [7, 11) is 0. The lowest BCUT2D eigenvalue weighted by molar-refractivity contribution is -0.189. The number of nitrogens with zero attached hydrogens (tertiary/aromatic N) is 1. The van der Waals surface area contributed by atoms with Crippen LogP contribution in [0.4, 0.5) is 13.2 Å². The van der Waals surface area contributed by atoms with Gasteiger partial charge in [0.05, 0.1) is 0 Å². The maximum atomic E-state index is 12.5. The molecule has 1 N–H and O–H groups in total. The summed E-state index contributed by atoms with van der Waals surface area (Å²) in [6.45, 7) is 1.08. The van der Waals surface area contributed by atoms with Crippen molar-refractivity contribution in [1.82, 2.24) is 10.2 Å². The molecule has 6 heteroatoms. The first kappa shape index (κ1) is 12.7. The minimum Gasteiger partial charge on any atom is -0.330 e. The predicted octanol–water partition coefficient (Wildman–Crippen LogP) is 1.68. The largest absolute Gasteiger partial charge is 0.471 e. The molecule has 3 nitrogen and oxygen atoms in total. The fourth-order valence-corrected chi connectivity index (χ4v) is 2.83. The minimum atomic E-state index is -4.74. The minimum absolute atomic E-state index is 0.0431. The normalized spacial score (nSPS) is 30.6. The van der Waals surface area contributed by atoms with Gasteiger partial charge < -0.3 is 10.2 Å². The highest BCUT2D eigenvalue weighted by atomic mass is 19.4. The highest BCUT2D eigenvalue weighted by Gasteiger charge is 2.46. The Labute approximate surface area is 98.3 Å². The first-order valence-corrected chi connectivity index (χ1v) is 6.11. The van der Waals surface area contributed by atoms with Crippen molar-refractivity contribution in [3.05, 3.63) is 0 Å². The molecule has 2 saturated heterocycles. The van der Waals surface area contributed by atoms with Gasteiger partial charge in [0.25, 0.3) is 0 Å². The van der Waals surface area contributed by atoms with Crippen LogP contribution < -0.4 is 5.32 Å². The lowest BCUT2D eigenvalue weighted by Gasteiger charge is -2.39. The zero-order chi connectivity index (χ0) is 12.5. The van der Waals surface area contributed by atoms with Crippen molar-refractivity contribution in [2.45, 2.75) is 50.4 Å². The first-order chi connectivity index (χ1) is 8.00.